The molecule has 2 aromatic carbocycles. The maximum absolute atomic E-state index is 9.55. The summed E-state index contributed by atoms with van der Waals surface area (Å²) < 4.78 is 11.2. The van der Waals surface area contributed by atoms with Gasteiger partial charge in [-0.05, 0) is 56.0 Å². The smallest absolute Gasteiger partial charge is 0.328 e. The number of aliphatic carboxylic acids is 2. The van der Waals surface area contributed by atoms with E-state index in [1.54, 1.807) is 13.2 Å². The Morgan fingerprint density at radius 2 is 1.80 bits per heavy atom. The van der Waals surface area contributed by atoms with E-state index in [1.807, 2.05) is 23.9 Å². The number of thioether (sulfide) groups is 1. The summed E-state index contributed by atoms with van der Waals surface area (Å²) in [6, 6.07) is 14.5. The van der Waals surface area contributed by atoms with Gasteiger partial charge in [-0.1, -0.05) is 41.6 Å². The molecule has 1 saturated heterocycles. The molecule has 40 heavy (non-hydrogen) atoms. The van der Waals surface area contributed by atoms with Gasteiger partial charge in [0.25, 0.3) is 0 Å². The molecule has 0 atom stereocenters. The van der Waals surface area contributed by atoms with Crippen LogP contribution in [0.4, 0.5) is 5.69 Å². The number of fused-ring (bicyclic) bond motifs is 1. The molecule has 9 nitrogen and oxygen atoms in total. The molecule has 2 aliphatic rings. The lowest BCUT2D eigenvalue weighted by atomic mass is 10.0. The van der Waals surface area contributed by atoms with Crippen molar-refractivity contribution >= 4 is 46.2 Å². The van der Waals surface area contributed by atoms with E-state index in [0.717, 1.165) is 54.8 Å². The molecule has 216 valence electrons. The van der Waals surface area contributed by atoms with E-state index >= 15 is 0 Å². The molecule has 11 heteroatoms. The summed E-state index contributed by atoms with van der Waals surface area (Å²) in [4.78, 5) is 29.0. The molecule has 0 amide bonds. The number of benzene rings is 2. The van der Waals surface area contributed by atoms with Crippen molar-refractivity contribution in [3.8, 4) is 11.5 Å². The monoisotopic (exact) mass is 589 g/mol. The second-order valence-electron chi connectivity index (χ2n) is 9.36. The summed E-state index contributed by atoms with van der Waals surface area (Å²) in [5, 5.41) is 17.4. The molecule has 0 bridgehead atoms. The fraction of sp³-hybridized carbons (Fsp3) is 0.414. The van der Waals surface area contributed by atoms with Crippen molar-refractivity contribution in [3.63, 3.8) is 0 Å². The van der Waals surface area contributed by atoms with Crippen LogP contribution in [0.1, 0.15) is 31.2 Å². The van der Waals surface area contributed by atoms with Crippen LogP contribution in [0.2, 0.25) is 5.02 Å². The van der Waals surface area contributed by atoms with E-state index < -0.39 is 11.9 Å². The van der Waals surface area contributed by atoms with Crippen LogP contribution in [0.25, 0.3) is 0 Å². The van der Waals surface area contributed by atoms with E-state index in [2.05, 4.69) is 41.1 Å². The van der Waals surface area contributed by atoms with Crippen LogP contribution in [0, 0.1) is 0 Å². The molecule has 0 spiro atoms. The molecular formula is C29H36ClN3O6S. The number of hydrogen-bond acceptors (Lipinski definition) is 8. The topological polar surface area (TPSA) is 112 Å². The lowest BCUT2D eigenvalue weighted by Gasteiger charge is -2.38. The van der Waals surface area contributed by atoms with Crippen molar-refractivity contribution in [1.82, 2.24) is 9.80 Å². The van der Waals surface area contributed by atoms with Gasteiger partial charge in [0.1, 0.15) is 0 Å². The summed E-state index contributed by atoms with van der Waals surface area (Å²) in [5.74, 6) is -0.0538. The van der Waals surface area contributed by atoms with Gasteiger partial charge in [-0.25, -0.2) is 14.6 Å². The second-order valence-corrected chi connectivity index (χ2v) is 10.7. The maximum atomic E-state index is 9.55. The van der Waals surface area contributed by atoms with Gasteiger partial charge >= 0.3 is 11.9 Å². The lowest BCUT2D eigenvalue weighted by Crippen LogP contribution is -2.45. The Labute approximate surface area is 244 Å². The highest BCUT2D eigenvalue weighted by Gasteiger charge is 2.26. The molecule has 2 N–H and O–H groups in total. The van der Waals surface area contributed by atoms with Crippen LogP contribution in [0.15, 0.2) is 59.6 Å². The predicted octanol–water partition coefficient (Wildman–Crippen LogP) is 5.55. The van der Waals surface area contributed by atoms with Gasteiger partial charge in [0.05, 0.1) is 19.4 Å². The van der Waals surface area contributed by atoms with E-state index in [0.29, 0.717) is 35.6 Å². The van der Waals surface area contributed by atoms with Gasteiger partial charge in [-0.2, -0.15) is 0 Å². The second kappa shape index (κ2) is 16.2. The summed E-state index contributed by atoms with van der Waals surface area (Å²) in [7, 11) is 3.85. The highest BCUT2D eigenvalue weighted by molar-refractivity contribution is 8.13. The number of piperidine rings is 1. The SMILES string of the molecule is COc1cc(Cl)ccc1OCCCCN1CCC(N(C)C2=Nc3ccccc3CS2)CC1.O=C(O)C=CC(=O)O. The largest absolute Gasteiger partial charge is 0.493 e. The number of rotatable bonds is 10. The third kappa shape index (κ3) is 10.1. The first kappa shape index (κ1) is 31.3. The number of amidine groups is 1. The van der Waals surface area contributed by atoms with E-state index in [9.17, 15) is 9.59 Å². The van der Waals surface area contributed by atoms with Crippen molar-refractivity contribution in [2.24, 2.45) is 4.99 Å². The first-order valence-electron chi connectivity index (χ1n) is 13.1. The molecule has 0 saturated carbocycles. The molecule has 2 aliphatic heterocycles. The number of ether oxygens (including phenoxy) is 2. The Bertz CT molecular complexity index is 1180. The lowest BCUT2D eigenvalue weighted by molar-refractivity contribution is -0.134. The minimum absolute atomic E-state index is 0.558. The number of carbonyl (C=O) groups is 2. The highest BCUT2D eigenvalue weighted by atomic mass is 35.5. The number of nitrogens with zero attached hydrogens (tertiary/aromatic N) is 3. The van der Waals surface area contributed by atoms with Crippen LogP contribution in [0.3, 0.4) is 0 Å². The number of aliphatic imine (C=N–C) groups is 1. The summed E-state index contributed by atoms with van der Waals surface area (Å²) in [5.41, 5.74) is 2.46. The van der Waals surface area contributed by atoms with Gasteiger partial charge < -0.3 is 29.5 Å². The zero-order chi connectivity index (χ0) is 28.9. The zero-order valence-electron chi connectivity index (χ0n) is 22.8. The summed E-state index contributed by atoms with van der Waals surface area (Å²) in [6.07, 6.45) is 5.66. The Balaban J connectivity index is 0.000000482. The number of halogens is 1. The van der Waals surface area contributed by atoms with Crippen molar-refractivity contribution in [1.29, 1.82) is 0 Å². The first-order valence-corrected chi connectivity index (χ1v) is 14.5. The number of para-hydroxylation sites is 1. The third-order valence-electron chi connectivity index (χ3n) is 6.59. The number of unbranched alkanes of at least 4 members (excludes halogenated alkanes) is 1. The molecule has 4 rings (SSSR count). The Hall–Kier alpha value is -3.21. The van der Waals surface area contributed by atoms with Crippen LogP contribution in [-0.4, -0.2) is 83.6 Å². The van der Waals surface area contributed by atoms with Gasteiger partial charge in [0.15, 0.2) is 16.7 Å². The standard InChI is InChI=1S/C25H32ClN3O2S.C4H4O4/c1-28(25-27-22-8-4-3-7-19(22)18-32-25)21-11-14-29(15-12-21)13-5-6-16-31-23-10-9-20(26)17-24(23)30-2;5-3(6)1-2-4(7)8/h3-4,7-10,17,21H,5-6,11-16,18H2,1-2H3;1-2H,(H,5,6)(H,7,8). The van der Waals surface area contributed by atoms with E-state index in [1.165, 1.54) is 18.4 Å². The van der Waals surface area contributed by atoms with Gasteiger partial charge in [-0.3, -0.25) is 0 Å². The number of hydrogen-bond donors (Lipinski definition) is 2. The predicted molar refractivity (Wildman–Crippen MR) is 159 cm³/mol. The maximum Gasteiger partial charge on any atom is 0.328 e. The Morgan fingerprint density at radius 3 is 2.48 bits per heavy atom. The van der Waals surface area contributed by atoms with Gasteiger partial charge in [0, 0.05) is 55.2 Å². The zero-order valence-corrected chi connectivity index (χ0v) is 24.4. The molecule has 2 heterocycles. The number of carboxylic acid groups (broad SMARTS) is 2. The summed E-state index contributed by atoms with van der Waals surface area (Å²) in [6.45, 7) is 4.11. The molecule has 0 radical (unpaired) electrons. The van der Waals surface area contributed by atoms with Crippen LogP contribution in [-0.2, 0) is 15.3 Å². The number of methoxy groups -OCH3 is 1. The highest BCUT2D eigenvalue weighted by Crippen LogP contribution is 2.33. The molecule has 2 aromatic rings. The van der Waals surface area contributed by atoms with Crippen LogP contribution < -0.4 is 9.47 Å². The minimum Gasteiger partial charge on any atom is -0.493 e. The first-order chi connectivity index (χ1) is 19.3. The Morgan fingerprint density at radius 1 is 1.10 bits per heavy atom. The van der Waals surface area contributed by atoms with E-state index in [4.69, 9.17) is 36.3 Å². The van der Waals surface area contributed by atoms with Crippen molar-refractivity contribution < 1.29 is 29.3 Å². The third-order valence-corrected chi connectivity index (χ3v) is 7.92. The average Bonchev–Trinajstić information content (AvgIpc) is 2.96. The fourth-order valence-corrected chi connectivity index (χ4v) is 5.62. The molecular weight excluding hydrogens is 554 g/mol. The van der Waals surface area contributed by atoms with Crippen molar-refractivity contribution in [3.05, 3.63) is 65.2 Å². The molecule has 0 unspecified atom stereocenters. The Kier molecular flexibility index (Phi) is 12.6. The quantitative estimate of drug-likeness (QED) is 0.272. The van der Waals surface area contributed by atoms with Crippen molar-refractivity contribution in [2.45, 2.75) is 37.5 Å². The summed E-state index contributed by atoms with van der Waals surface area (Å²) >= 11 is 7.87. The van der Waals surface area contributed by atoms with Gasteiger partial charge in [0.2, 0.25) is 0 Å². The minimum atomic E-state index is -1.26. The normalized spacial score (nSPS) is 15.4. The van der Waals surface area contributed by atoms with E-state index in [-0.39, 0.29) is 0 Å². The van der Waals surface area contributed by atoms with Crippen LogP contribution >= 0.6 is 23.4 Å². The number of likely N-dealkylation sites (tertiary alicyclic amines) is 1. The van der Waals surface area contributed by atoms with Gasteiger partial charge in [-0.15, -0.1) is 0 Å². The number of carboxylic acids is 2. The molecule has 0 aromatic heterocycles. The average molecular weight is 590 g/mol. The van der Waals surface area contributed by atoms with Crippen LogP contribution in [0.5, 0.6) is 11.5 Å². The fourth-order valence-electron chi connectivity index (χ4n) is 4.41. The molecule has 0 aliphatic carbocycles. The molecule has 1 fully saturated rings. The van der Waals surface area contributed by atoms with Crippen molar-refractivity contribution in [2.75, 3.05) is 40.4 Å².